The van der Waals surface area contributed by atoms with Crippen LogP contribution in [-0.4, -0.2) is 37.0 Å². The standard InChI is InChI=1S/C16H25N3O/c1-4-19(15(20)16(17)10-5-11-16)12-13-6-8-14(9-7-13)18(2)3/h6-9H,4-5,10-12,17H2,1-3H3. The number of rotatable bonds is 5. The number of amides is 1. The molecule has 1 aromatic carbocycles. The first-order valence-corrected chi connectivity index (χ1v) is 7.31. The molecule has 1 aromatic rings. The van der Waals surface area contributed by atoms with Crippen LogP contribution < -0.4 is 10.6 Å². The molecule has 0 saturated heterocycles. The van der Waals surface area contributed by atoms with Gasteiger partial charge in [0.05, 0.1) is 5.54 Å². The Hall–Kier alpha value is -1.55. The number of nitrogens with zero attached hydrogens (tertiary/aromatic N) is 2. The normalized spacial score (nSPS) is 16.4. The Morgan fingerprint density at radius 1 is 1.25 bits per heavy atom. The average molecular weight is 275 g/mol. The number of benzene rings is 1. The fourth-order valence-electron chi connectivity index (χ4n) is 2.53. The fraction of sp³-hybridized carbons (Fsp3) is 0.562. The van der Waals surface area contributed by atoms with Gasteiger partial charge in [-0.1, -0.05) is 12.1 Å². The van der Waals surface area contributed by atoms with Crippen LogP contribution in [0.2, 0.25) is 0 Å². The van der Waals surface area contributed by atoms with Crippen LogP contribution in [0, 0.1) is 0 Å². The molecule has 0 bridgehead atoms. The maximum Gasteiger partial charge on any atom is 0.242 e. The third-order valence-electron chi connectivity index (χ3n) is 4.17. The Kier molecular flexibility index (Phi) is 4.33. The van der Waals surface area contributed by atoms with E-state index in [0.717, 1.165) is 30.5 Å². The van der Waals surface area contributed by atoms with E-state index in [1.807, 2.05) is 25.9 Å². The number of nitrogens with two attached hydrogens (primary N) is 1. The van der Waals surface area contributed by atoms with E-state index in [1.54, 1.807) is 0 Å². The minimum absolute atomic E-state index is 0.0999. The largest absolute Gasteiger partial charge is 0.378 e. The van der Waals surface area contributed by atoms with E-state index in [9.17, 15) is 4.79 Å². The summed E-state index contributed by atoms with van der Waals surface area (Å²) in [7, 11) is 4.04. The molecule has 4 nitrogen and oxygen atoms in total. The van der Waals surface area contributed by atoms with Gasteiger partial charge in [-0.2, -0.15) is 0 Å². The van der Waals surface area contributed by atoms with E-state index in [1.165, 1.54) is 0 Å². The highest BCUT2D eigenvalue weighted by Crippen LogP contribution is 2.31. The number of carbonyl (C=O) groups excluding carboxylic acids is 1. The molecule has 0 unspecified atom stereocenters. The molecular formula is C16H25N3O. The zero-order chi connectivity index (χ0) is 14.8. The maximum atomic E-state index is 12.5. The van der Waals surface area contributed by atoms with Gasteiger partial charge in [-0.3, -0.25) is 4.79 Å². The smallest absolute Gasteiger partial charge is 0.242 e. The van der Waals surface area contributed by atoms with E-state index >= 15 is 0 Å². The number of hydrogen-bond acceptors (Lipinski definition) is 3. The van der Waals surface area contributed by atoms with E-state index in [0.29, 0.717) is 13.1 Å². The molecule has 2 rings (SSSR count). The Labute approximate surface area is 121 Å². The second kappa shape index (κ2) is 5.83. The molecule has 1 aliphatic carbocycles. The van der Waals surface area contributed by atoms with Crippen LogP contribution in [0.3, 0.4) is 0 Å². The average Bonchev–Trinajstić information content (AvgIpc) is 2.41. The topological polar surface area (TPSA) is 49.6 Å². The van der Waals surface area contributed by atoms with E-state index < -0.39 is 5.54 Å². The lowest BCUT2D eigenvalue weighted by atomic mass is 9.76. The molecule has 20 heavy (non-hydrogen) atoms. The Morgan fingerprint density at radius 2 is 1.85 bits per heavy atom. The van der Waals surface area contributed by atoms with E-state index in [-0.39, 0.29) is 5.91 Å². The van der Waals surface area contributed by atoms with Crippen molar-refractivity contribution in [1.29, 1.82) is 0 Å². The van der Waals surface area contributed by atoms with Gasteiger partial charge in [-0.15, -0.1) is 0 Å². The number of hydrogen-bond donors (Lipinski definition) is 1. The predicted octanol–water partition coefficient (Wildman–Crippen LogP) is 1.98. The van der Waals surface area contributed by atoms with Gasteiger partial charge in [0.25, 0.3) is 0 Å². The molecule has 1 amide bonds. The summed E-state index contributed by atoms with van der Waals surface area (Å²) in [6, 6.07) is 8.31. The van der Waals surface area contributed by atoms with Gasteiger partial charge in [0.2, 0.25) is 5.91 Å². The zero-order valence-electron chi connectivity index (χ0n) is 12.7. The van der Waals surface area contributed by atoms with Crippen molar-refractivity contribution >= 4 is 11.6 Å². The van der Waals surface area contributed by atoms with Gasteiger partial charge in [0, 0.05) is 32.9 Å². The minimum Gasteiger partial charge on any atom is -0.378 e. The van der Waals surface area contributed by atoms with Crippen molar-refractivity contribution in [2.24, 2.45) is 5.73 Å². The number of carbonyl (C=O) groups is 1. The van der Waals surface area contributed by atoms with Gasteiger partial charge >= 0.3 is 0 Å². The summed E-state index contributed by atoms with van der Waals surface area (Å²) in [5, 5.41) is 0. The summed E-state index contributed by atoms with van der Waals surface area (Å²) in [6.07, 6.45) is 2.71. The van der Waals surface area contributed by atoms with Gasteiger partial charge in [-0.25, -0.2) is 0 Å². The van der Waals surface area contributed by atoms with Crippen molar-refractivity contribution in [3.05, 3.63) is 29.8 Å². The highest BCUT2D eigenvalue weighted by atomic mass is 16.2. The van der Waals surface area contributed by atoms with E-state index in [2.05, 4.69) is 29.2 Å². The predicted molar refractivity (Wildman–Crippen MR) is 82.6 cm³/mol. The highest BCUT2D eigenvalue weighted by molar-refractivity contribution is 5.87. The van der Waals surface area contributed by atoms with Gasteiger partial charge < -0.3 is 15.5 Å². The summed E-state index contributed by atoms with van der Waals surface area (Å²) in [6.45, 7) is 3.35. The summed E-state index contributed by atoms with van der Waals surface area (Å²) in [5.74, 6) is 0.0999. The SMILES string of the molecule is CCN(Cc1ccc(N(C)C)cc1)C(=O)C1(N)CCC1. The monoisotopic (exact) mass is 275 g/mol. The molecule has 0 radical (unpaired) electrons. The first-order chi connectivity index (χ1) is 9.46. The number of likely N-dealkylation sites (N-methyl/N-ethyl adjacent to an activating group) is 1. The molecule has 1 saturated carbocycles. The lowest BCUT2D eigenvalue weighted by molar-refractivity contribution is -0.140. The zero-order valence-corrected chi connectivity index (χ0v) is 12.7. The third-order valence-corrected chi connectivity index (χ3v) is 4.17. The molecule has 110 valence electrons. The first kappa shape index (κ1) is 14.9. The van der Waals surface area contributed by atoms with Crippen molar-refractivity contribution < 1.29 is 4.79 Å². The number of anilines is 1. The van der Waals surface area contributed by atoms with Crippen molar-refractivity contribution in [1.82, 2.24) is 4.90 Å². The van der Waals surface area contributed by atoms with Crippen LogP contribution in [0.15, 0.2) is 24.3 Å². The van der Waals surface area contributed by atoms with Crippen molar-refractivity contribution in [3.63, 3.8) is 0 Å². The summed E-state index contributed by atoms with van der Waals surface area (Å²) in [5.41, 5.74) is 7.86. The first-order valence-electron chi connectivity index (χ1n) is 7.31. The highest BCUT2D eigenvalue weighted by Gasteiger charge is 2.42. The summed E-state index contributed by atoms with van der Waals surface area (Å²) in [4.78, 5) is 16.4. The van der Waals surface area contributed by atoms with Crippen molar-refractivity contribution in [2.45, 2.75) is 38.3 Å². The van der Waals surface area contributed by atoms with Crippen LogP contribution >= 0.6 is 0 Å². The van der Waals surface area contributed by atoms with Crippen molar-refractivity contribution in [2.75, 3.05) is 25.5 Å². The second-order valence-corrected chi connectivity index (χ2v) is 5.89. The molecule has 0 spiro atoms. The Morgan fingerprint density at radius 3 is 2.25 bits per heavy atom. The van der Waals surface area contributed by atoms with Crippen LogP contribution in [0.4, 0.5) is 5.69 Å². The lowest BCUT2D eigenvalue weighted by Crippen LogP contribution is -2.59. The molecule has 0 atom stereocenters. The van der Waals surface area contributed by atoms with Gasteiger partial charge in [0.1, 0.15) is 0 Å². The molecule has 1 aliphatic rings. The van der Waals surface area contributed by atoms with Gasteiger partial charge in [-0.05, 0) is 43.9 Å². The minimum atomic E-state index is -0.598. The Bertz CT molecular complexity index is 463. The molecule has 0 aliphatic heterocycles. The molecule has 4 heteroatoms. The van der Waals surface area contributed by atoms with Crippen molar-refractivity contribution in [3.8, 4) is 0 Å². The molecule has 2 N–H and O–H groups in total. The molecule has 0 heterocycles. The van der Waals surface area contributed by atoms with Crippen LogP contribution in [-0.2, 0) is 11.3 Å². The second-order valence-electron chi connectivity index (χ2n) is 5.89. The van der Waals surface area contributed by atoms with Crippen LogP contribution in [0.5, 0.6) is 0 Å². The quantitative estimate of drug-likeness (QED) is 0.894. The fourth-order valence-corrected chi connectivity index (χ4v) is 2.53. The summed E-state index contributed by atoms with van der Waals surface area (Å²) < 4.78 is 0. The third kappa shape index (κ3) is 2.96. The Balaban J connectivity index is 2.04. The molecular weight excluding hydrogens is 250 g/mol. The lowest BCUT2D eigenvalue weighted by Gasteiger charge is -2.40. The summed E-state index contributed by atoms with van der Waals surface area (Å²) >= 11 is 0. The molecule has 0 aromatic heterocycles. The van der Waals surface area contributed by atoms with E-state index in [4.69, 9.17) is 5.73 Å². The molecule has 1 fully saturated rings. The van der Waals surface area contributed by atoms with Crippen LogP contribution in [0.25, 0.3) is 0 Å². The van der Waals surface area contributed by atoms with Gasteiger partial charge in [0.15, 0.2) is 0 Å². The maximum absolute atomic E-state index is 12.5. The van der Waals surface area contributed by atoms with Crippen LogP contribution in [0.1, 0.15) is 31.7 Å².